The third-order valence-electron chi connectivity index (χ3n) is 3.65. The van der Waals surface area contributed by atoms with Gasteiger partial charge in [0.2, 0.25) is 15.9 Å². The summed E-state index contributed by atoms with van der Waals surface area (Å²) < 4.78 is 43.7. The first kappa shape index (κ1) is 17.0. The Hall–Kier alpha value is -2.43. The molecule has 1 aromatic carbocycles. The van der Waals surface area contributed by atoms with Crippen LogP contribution in [-0.4, -0.2) is 38.4 Å². The van der Waals surface area contributed by atoms with Gasteiger partial charge in [-0.1, -0.05) is 6.07 Å². The molecule has 0 saturated carbocycles. The second-order valence-electron chi connectivity index (χ2n) is 5.43. The molecule has 0 spiro atoms. The zero-order valence-electron chi connectivity index (χ0n) is 13.5. The molecule has 0 amide bonds. The van der Waals surface area contributed by atoms with Gasteiger partial charge in [0.05, 0.1) is 9.77 Å². The number of nitrogens with one attached hydrogen (secondary N) is 1. The minimum absolute atomic E-state index is 0.117. The standard InChI is InChI=1S/C16H15N3O5S2/c20-26(21,11-3-4-12-13(10-11)23-8-7-22-12)17-6-5-15-18-19-16(24-15)14-2-1-9-25-14/h1-4,9-10,17H,5-8H2. The van der Waals surface area contributed by atoms with Crippen molar-refractivity contribution in [3.05, 3.63) is 41.6 Å². The molecule has 1 aliphatic heterocycles. The number of nitrogens with zero attached hydrogens (tertiary/aromatic N) is 2. The number of thiophene rings is 1. The summed E-state index contributed by atoms with van der Waals surface area (Å²) in [5.74, 6) is 1.78. The topological polar surface area (TPSA) is 104 Å². The number of sulfonamides is 1. The van der Waals surface area contributed by atoms with Gasteiger partial charge in [-0.15, -0.1) is 21.5 Å². The SMILES string of the molecule is O=S(=O)(NCCc1nnc(-c2cccs2)o1)c1ccc2c(c1)OCCO2. The second-order valence-corrected chi connectivity index (χ2v) is 8.15. The lowest BCUT2D eigenvalue weighted by Gasteiger charge is -2.18. The van der Waals surface area contributed by atoms with E-state index in [9.17, 15) is 8.42 Å². The van der Waals surface area contributed by atoms with Crippen molar-refractivity contribution in [2.75, 3.05) is 19.8 Å². The quantitative estimate of drug-likeness (QED) is 0.684. The van der Waals surface area contributed by atoms with Gasteiger partial charge in [0, 0.05) is 19.0 Å². The van der Waals surface area contributed by atoms with Gasteiger partial charge < -0.3 is 13.9 Å². The maximum atomic E-state index is 12.4. The predicted molar refractivity (Wildman–Crippen MR) is 93.9 cm³/mol. The van der Waals surface area contributed by atoms with Crippen molar-refractivity contribution >= 4 is 21.4 Å². The molecule has 0 aliphatic carbocycles. The average Bonchev–Trinajstić information content (AvgIpc) is 3.32. The molecule has 136 valence electrons. The van der Waals surface area contributed by atoms with Crippen LogP contribution < -0.4 is 14.2 Å². The van der Waals surface area contributed by atoms with Crippen LogP contribution in [0.3, 0.4) is 0 Å². The van der Waals surface area contributed by atoms with Crippen LogP contribution in [-0.2, 0) is 16.4 Å². The van der Waals surface area contributed by atoms with Gasteiger partial charge in [-0.25, -0.2) is 13.1 Å². The minimum Gasteiger partial charge on any atom is -0.486 e. The number of fused-ring (bicyclic) bond motifs is 1. The van der Waals surface area contributed by atoms with E-state index in [1.165, 1.54) is 23.5 Å². The Labute approximate surface area is 153 Å². The van der Waals surface area contributed by atoms with E-state index in [4.69, 9.17) is 13.9 Å². The molecule has 0 fully saturated rings. The third kappa shape index (κ3) is 3.57. The maximum Gasteiger partial charge on any atom is 0.257 e. The molecule has 1 N–H and O–H groups in total. The van der Waals surface area contributed by atoms with Gasteiger partial charge in [-0.2, -0.15) is 0 Å². The Morgan fingerprint density at radius 2 is 1.96 bits per heavy atom. The normalized spacial score (nSPS) is 13.7. The summed E-state index contributed by atoms with van der Waals surface area (Å²) in [6.07, 6.45) is 0.294. The van der Waals surface area contributed by atoms with Crippen LogP contribution in [0.25, 0.3) is 10.8 Å². The molecule has 2 aromatic heterocycles. The Bertz CT molecular complexity index is 999. The smallest absolute Gasteiger partial charge is 0.257 e. The molecular formula is C16H15N3O5S2. The first-order valence-corrected chi connectivity index (χ1v) is 10.2. The molecule has 8 nitrogen and oxygen atoms in total. The molecule has 0 bridgehead atoms. The van der Waals surface area contributed by atoms with Gasteiger partial charge >= 0.3 is 0 Å². The van der Waals surface area contributed by atoms with E-state index < -0.39 is 10.0 Å². The summed E-state index contributed by atoms with van der Waals surface area (Å²) in [5, 5.41) is 9.82. The summed E-state index contributed by atoms with van der Waals surface area (Å²) in [4.78, 5) is 0.993. The predicted octanol–water partition coefficient (Wildman–Crippen LogP) is 2.09. The third-order valence-corrected chi connectivity index (χ3v) is 5.97. The summed E-state index contributed by atoms with van der Waals surface area (Å²) in [5.41, 5.74) is 0. The highest BCUT2D eigenvalue weighted by Crippen LogP contribution is 2.32. The van der Waals surface area contributed by atoms with E-state index in [1.54, 1.807) is 6.07 Å². The molecule has 10 heteroatoms. The fraction of sp³-hybridized carbons (Fsp3) is 0.250. The minimum atomic E-state index is -3.67. The summed E-state index contributed by atoms with van der Waals surface area (Å²) >= 11 is 1.50. The van der Waals surface area contributed by atoms with Crippen LogP contribution in [0, 0.1) is 0 Å². The van der Waals surface area contributed by atoms with Crippen molar-refractivity contribution in [1.82, 2.24) is 14.9 Å². The highest BCUT2D eigenvalue weighted by molar-refractivity contribution is 7.89. The Morgan fingerprint density at radius 3 is 2.77 bits per heavy atom. The van der Waals surface area contributed by atoms with Crippen LogP contribution in [0.1, 0.15) is 5.89 Å². The van der Waals surface area contributed by atoms with Gasteiger partial charge in [-0.3, -0.25) is 0 Å². The second kappa shape index (κ2) is 7.06. The van der Waals surface area contributed by atoms with Gasteiger partial charge in [0.15, 0.2) is 11.5 Å². The molecule has 1 aliphatic rings. The highest BCUT2D eigenvalue weighted by atomic mass is 32.2. The number of aromatic nitrogens is 2. The van der Waals surface area contributed by atoms with Gasteiger partial charge in [0.1, 0.15) is 13.2 Å². The Kier molecular flexibility index (Phi) is 4.62. The fourth-order valence-corrected chi connectivity index (χ4v) is 4.11. The van der Waals surface area contributed by atoms with Crippen molar-refractivity contribution in [2.45, 2.75) is 11.3 Å². The molecule has 4 rings (SSSR count). The van der Waals surface area contributed by atoms with Crippen molar-refractivity contribution in [3.63, 3.8) is 0 Å². The first-order chi connectivity index (χ1) is 12.6. The molecular weight excluding hydrogens is 378 g/mol. The zero-order chi connectivity index (χ0) is 18.0. The molecule has 3 heterocycles. The lowest BCUT2D eigenvalue weighted by Crippen LogP contribution is -2.26. The number of benzene rings is 1. The Balaban J connectivity index is 1.39. The van der Waals surface area contributed by atoms with Crippen LogP contribution >= 0.6 is 11.3 Å². The lowest BCUT2D eigenvalue weighted by atomic mass is 10.3. The summed E-state index contributed by atoms with van der Waals surface area (Å²) in [7, 11) is -3.67. The number of hydrogen-bond donors (Lipinski definition) is 1. The van der Waals surface area contributed by atoms with Gasteiger partial charge in [0.25, 0.3) is 5.89 Å². The van der Waals surface area contributed by atoms with Gasteiger partial charge in [-0.05, 0) is 23.6 Å². The monoisotopic (exact) mass is 393 g/mol. The van der Waals surface area contributed by atoms with E-state index in [0.717, 1.165) is 4.88 Å². The van der Waals surface area contributed by atoms with E-state index in [2.05, 4.69) is 14.9 Å². The van der Waals surface area contributed by atoms with E-state index in [0.29, 0.717) is 42.9 Å². The van der Waals surface area contributed by atoms with Crippen molar-refractivity contribution in [2.24, 2.45) is 0 Å². The molecule has 3 aromatic rings. The van der Waals surface area contributed by atoms with Crippen molar-refractivity contribution < 1.29 is 22.3 Å². The number of hydrogen-bond acceptors (Lipinski definition) is 8. The first-order valence-electron chi connectivity index (χ1n) is 7.87. The maximum absolute atomic E-state index is 12.4. The zero-order valence-corrected chi connectivity index (χ0v) is 15.2. The van der Waals surface area contributed by atoms with Crippen LogP contribution in [0.15, 0.2) is 45.0 Å². The molecule has 0 atom stereocenters. The van der Waals surface area contributed by atoms with Crippen LogP contribution in [0.2, 0.25) is 0 Å². The Morgan fingerprint density at radius 1 is 1.12 bits per heavy atom. The summed E-state index contributed by atoms with van der Waals surface area (Å²) in [6, 6.07) is 8.31. The van der Waals surface area contributed by atoms with Crippen LogP contribution in [0.4, 0.5) is 0 Å². The largest absolute Gasteiger partial charge is 0.486 e. The number of rotatable bonds is 6. The van der Waals surface area contributed by atoms with E-state index in [-0.39, 0.29) is 11.4 Å². The van der Waals surface area contributed by atoms with Crippen LogP contribution in [0.5, 0.6) is 11.5 Å². The molecule has 26 heavy (non-hydrogen) atoms. The van der Waals surface area contributed by atoms with Crippen molar-refractivity contribution in [3.8, 4) is 22.3 Å². The molecule has 0 radical (unpaired) electrons. The summed E-state index contributed by atoms with van der Waals surface area (Å²) in [6.45, 7) is 0.992. The fourth-order valence-electron chi connectivity index (χ4n) is 2.42. The highest BCUT2D eigenvalue weighted by Gasteiger charge is 2.19. The average molecular weight is 393 g/mol. The molecule has 0 saturated heterocycles. The molecule has 0 unspecified atom stereocenters. The van der Waals surface area contributed by atoms with Crippen molar-refractivity contribution in [1.29, 1.82) is 0 Å². The lowest BCUT2D eigenvalue weighted by molar-refractivity contribution is 0.171. The number of ether oxygens (including phenoxy) is 2. The van der Waals surface area contributed by atoms with E-state index >= 15 is 0 Å². The van der Waals surface area contributed by atoms with E-state index in [1.807, 2.05) is 17.5 Å².